The predicted molar refractivity (Wildman–Crippen MR) is 79.8 cm³/mol. The number of hydrogen-bond acceptors (Lipinski definition) is 5. The number of amides is 1. The predicted octanol–water partition coefficient (Wildman–Crippen LogP) is 2.04. The summed E-state index contributed by atoms with van der Waals surface area (Å²) in [5.74, 6) is 1.44. The van der Waals surface area contributed by atoms with Crippen molar-refractivity contribution in [3.8, 4) is 0 Å². The minimum atomic E-state index is -0.550. The van der Waals surface area contributed by atoms with E-state index in [-0.39, 0.29) is 23.8 Å². The van der Waals surface area contributed by atoms with Crippen LogP contribution in [0.5, 0.6) is 0 Å². The van der Waals surface area contributed by atoms with Gasteiger partial charge in [-0.25, -0.2) is 0 Å². The van der Waals surface area contributed by atoms with Gasteiger partial charge < -0.3 is 14.9 Å². The summed E-state index contributed by atoms with van der Waals surface area (Å²) < 4.78 is 5.12. The molecule has 0 fully saturated rings. The van der Waals surface area contributed by atoms with Gasteiger partial charge in [0.25, 0.3) is 0 Å². The molecule has 2 N–H and O–H groups in total. The zero-order chi connectivity index (χ0) is 16.0. The normalized spacial score (nSPS) is 13.5. The summed E-state index contributed by atoms with van der Waals surface area (Å²) in [6, 6.07) is 0. The number of aryl methyl sites for hydroxylation is 1. The van der Waals surface area contributed by atoms with Gasteiger partial charge in [-0.15, -0.1) is 0 Å². The molecule has 0 saturated carbocycles. The third kappa shape index (κ3) is 6.25. The van der Waals surface area contributed by atoms with Crippen molar-refractivity contribution >= 4 is 5.91 Å². The number of rotatable bonds is 7. The molecule has 0 bridgehead atoms. The van der Waals surface area contributed by atoms with Crippen LogP contribution in [0.25, 0.3) is 0 Å². The Morgan fingerprint density at radius 3 is 2.57 bits per heavy atom. The van der Waals surface area contributed by atoms with E-state index in [0.717, 1.165) is 0 Å². The fourth-order valence-electron chi connectivity index (χ4n) is 1.61. The van der Waals surface area contributed by atoms with E-state index in [1.165, 1.54) is 0 Å². The van der Waals surface area contributed by atoms with E-state index >= 15 is 0 Å². The number of aliphatic hydroxyl groups is 1. The van der Waals surface area contributed by atoms with Gasteiger partial charge in [0.1, 0.15) is 0 Å². The van der Waals surface area contributed by atoms with Crippen LogP contribution in [0.15, 0.2) is 4.52 Å². The topological polar surface area (TPSA) is 88.2 Å². The third-order valence-corrected chi connectivity index (χ3v) is 3.29. The van der Waals surface area contributed by atoms with Crippen LogP contribution in [-0.4, -0.2) is 33.8 Å². The highest BCUT2D eigenvalue weighted by molar-refractivity contribution is 5.75. The van der Waals surface area contributed by atoms with Gasteiger partial charge in [0.15, 0.2) is 5.82 Å². The number of carbonyl (C=O) groups excluding carboxylic acids is 1. The van der Waals surface area contributed by atoms with E-state index < -0.39 is 6.10 Å². The minimum absolute atomic E-state index is 0.0677. The summed E-state index contributed by atoms with van der Waals surface area (Å²) >= 11 is 0. The van der Waals surface area contributed by atoms with Crippen molar-refractivity contribution in [2.24, 2.45) is 5.41 Å². The van der Waals surface area contributed by atoms with Gasteiger partial charge >= 0.3 is 0 Å². The van der Waals surface area contributed by atoms with Crippen molar-refractivity contribution in [3.63, 3.8) is 0 Å². The number of carbonyl (C=O) groups is 1. The lowest BCUT2D eigenvalue weighted by Crippen LogP contribution is -2.39. The molecule has 1 unspecified atom stereocenters. The quantitative estimate of drug-likeness (QED) is 0.804. The Morgan fingerprint density at radius 2 is 2.05 bits per heavy atom. The highest BCUT2D eigenvalue weighted by Gasteiger charge is 2.22. The van der Waals surface area contributed by atoms with E-state index in [4.69, 9.17) is 4.52 Å². The second-order valence-electron chi connectivity index (χ2n) is 6.74. The minimum Gasteiger partial charge on any atom is -0.391 e. The van der Waals surface area contributed by atoms with Gasteiger partial charge in [-0.05, 0) is 11.8 Å². The largest absolute Gasteiger partial charge is 0.391 e. The first-order valence-electron chi connectivity index (χ1n) is 7.47. The number of nitrogens with one attached hydrogen (secondary N) is 1. The summed E-state index contributed by atoms with van der Waals surface area (Å²) in [5, 5.41) is 16.5. The van der Waals surface area contributed by atoms with Crippen molar-refractivity contribution in [2.45, 2.75) is 65.9 Å². The van der Waals surface area contributed by atoms with Crippen molar-refractivity contribution in [1.82, 2.24) is 15.5 Å². The van der Waals surface area contributed by atoms with Crippen molar-refractivity contribution in [1.29, 1.82) is 0 Å². The van der Waals surface area contributed by atoms with Crippen LogP contribution in [-0.2, 0) is 11.2 Å². The maximum absolute atomic E-state index is 11.7. The molecular weight excluding hydrogens is 270 g/mol. The Bertz CT molecular complexity index is 449. The lowest BCUT2D eigenvalue weighted by Gasteiger charge is -2.25. The maximum Gasteiger partial charge on any atom is 0.226 e. The lowest BCUT2D eigenvalue weighted by molar-refractivity contribution is -0.122. The van der Waals surface area contributed by atoms with Crippen LogP contribution in [0.4, 0.5) is 0 Å². The fourth-order valence-corrected chi connectivity index (χ4v) is 1.61. The maximum atomic E-state index is 11.7. The highest BCUT2D eigenvalue weighted by atomic mass is 16.5. The average molecular weight is 297 g/mol. The molecule has 1 atom stereocenters. The lowest BCUT2D eigenvalue weighted by atomic mass is 9.89. The molecule has 1 rings (SSSR count). The molecule has 6 heteroatoms. The summed E-state index contributed by atoms with van der Waals surface area (Å²) in [7, 11) is 0. The molecule has 0 radical (unpaired) electrons. The number of aromatic nitrogens is 2. The SMILES string of the molecule is CC(C)c1noc(CCCC(=O)NCC(O)C(C)(C)C)n1. The molecule has 6 nitrogen and oxygen atoms in total. The number of nitrogens with zero attached hydrogens (tertiary/aromatic N) is 2. The zero-order valence-electron chi connectivity index (χ0n) is 13.6. The number of hydrogen-bond donors (Lipinski definition) is 2. The molecule has 1 aromatic heterocycles. The summed E-state index contributed by atoms with van der Waals surface area (Å²) in [6.07, 6.45) is 1.08. The second kappa shape index (κ2) is 7.54. The molecule has 0 aliphatic heterocycles. The summed E-state index contributed by atoms with van der Waals surface area (Å²) in [5.41, 5.74) is -0.232. The van der Waals surface area contributed by atoms with Crippen molar-refractivity contribution in [3.05, 3.63) is 11.7 Å². The number of aliphatic hydroxyl groups excluding tert-OH is 1. The van der Waals surface area contributed by atoms with E-state index in [0.29, 0.717) is 31.0 Å². The monoisotopic (exact) mass is 297 g/mol. The molecule has 0 aliphatic rings. The Morgan fingerprint density at radius 1 is 1.38 bits per heavy atom. The Labute approximate surface area is 126 Å². The summed E-state index contributed by atoms with van der Waals surface area (Å²) in [4.78, 5) is 16.0. The Balaban J connectivity index is 2.24. The molecule has 1 amide bonds. The summed E-state index contributed by atoms with van der Waals surface area (Å²) in [6.45, 7) is 10.1. The molecule has 0 saturated heterocycles. The third-order valence-electron chi connectivity index (χ3n) is 3.29. The fraction of sp³-hybridized carbons (Fsp3) is 0.800. The standard InChI is InChI=1S/C15H27N3O3/c1-10(2)14-17-13(21-18-14)8-6-7-12(20)16-9-11(19)15(3,4)5/h10-11,19H,6-9H2,1-5H3,(H,16,20). The van der Waals surface area contributed by atoms with Gasteiger partial charge in [0.05, 0.1) is 6.10 Å². The van der Waals surface area contributed by atoms with Crippen LogP contribution >= 0.6 is 0 Å². The first-order valence-corrected chi connectivity index (χ1v) is 7.47. The molecule has 0 aromatic carbocycles. The second-order valence-corrected chi connectivity index (χ2v) is 6.74. The van der Waals surface area contributed by atoms with E-state index in [9.17, 15) is 9.90 Å². The van der Waals surface area contributed by atoms with Crippen LogP contribution in [0, 0.1) is 5.41 Å². The first-order chi connectivity index (χ1) is 9.70. The average Bonchev–Trinajstić information content (AvgIpc) is 2.83. The zero-order valence-corrected chi connectivity index (χ0v) is 13.6. The van der Waals surface area contributed by atoms with Gasteiger partial charge in [0.2, 0.25) is 11.8 Å². The van der Waals surface area contributed by atoms with Crippen LogP contribution < -0.4 is 5.32 Å². The molecule has 21 heavy (non-hydrogen) atoms. The van der Waals surface area contributed by atoms with E-state index in [1.54, 1.807) is 0 Å². The Hall–Kier alpha value is -1.43. The van der Waals surface area contributed by atoms with E-state index in [1.807, 2.05) is 34.6 Å². The first kappa shape index (κ1) is 17.6. The Kier molecular flexibility index (Phi) is 6.33. The van der Waals surface area contributed by atoms with Crippen LogP contribution in [0.3, 0.4) is 0 Å². The highest BCUT2D eigenvalue weighted by Crippen LogP contribution is 2.18. The van der Waals surface area contributed by atoms with Crippen molar-refractivity contribution < 1.29 is 14.4 Å². The molecule has 0 aliphatic carbocycles. The van der Waals surface area contributed by atoms with E-state index in [2.05, 4.69) is 15.5 Å². The van der Waals surface area contributed by atoms with Gasteiger partial charge in [-0.1, -0.05) is 39.8 Å². The van der Waals surface area contributed by atoms with Gasteiger partial charge in [-0.2, -0.15) is 4.98 Å². The molecule has 120 valence electrons. The molecule has 1 heterocycles. The van der Waals surface area contributed by atoms with Crippen LogP contribution in [0.1, 0.15) is 65.1 Å². The van der Waals surface area contributed by atoms with Crippen LogP contribution in [0.2, 0.25) is 0 Å². The van der Waals surface area contributed by atoms with Crippen molar-refractivity contribution in [2.75, 3.05) is 6.54 Å². The molecule has 0 spiro atoms. The van der Waals surface area contributed by atoms with Gasteiger partial charge in [-0.3, -0.25) is 4.79 Å². The molecule has 1 aromatic rings. The molecular formula is C15H27N3O3. The smallest absolute Gasteiger partial charge is 0.226 e. The van der Waals surface area contributed by atoms with Gasteiger partial charge in [0, 0.05) is 25.3 Å².